The molecule has 5 nitrogen and oxygen atoms in total. The van der Waals surface area contributed by atoms with E-state index in [2.05, 4.69) is 40.2 Å². The Hall–Kier alpha value is -2.82. The van der Waals surface area contributed by atoms with Gasteiger partial charge in [-0.3, -0.25) is 4.79 Å². The number of carbonyl (C=O) groups excluding carboxylic acids is 2. The van der Waals surface area contributed by atoms with Gasteiger partial charge in [-0.2, -0.15) is 0 Å². The fourth-order valence-corrected chi connectivity index (χ4v) is 4.57. The summed E-state index contributed by atoms with van der Waals surface area (Å²) in [6.07, 6.45) is 6.08. The summed E-state index contributed by atoms with van der Waals surface area (Å²) in [5.41, 5.74) is 4.98. The van der Waals surface area contributed by atoms with Crippen molar-refractivity contribution in [1.29, 1.82) is 0 Å². The predicted molar refractivity (Wildman–Crippen MR) is 114 cm³/mol. The van der Waals surface area contributed by atoms with Gasteiger partial charge in [0.1, 0.15) is 6.04 Å². The van der Waals surface area contributed by atoms with Gasteiger partial charge in [-0.25, -0.2) is 4.79 Å². The molecule has 0 saturated heterocycles. The summed E-state index contributed by atoms with van der Waals surface area (Å²) in [5, 5.41) is 8.98. The second-order valence-corrected chi connectivity index (χ2v) is 8.14. The third-order valence-corrected chi connectivity index (χ3v) is 6.10. The van der Waals surface area contributed by atoms with Crippen LogP contribution in [0.3, 0.4) is 0 Å². The maximum absolute atomic E-state index is 12.7. The van der Waals surface area contributed by atoms with Crippen molar-refractivity contribution in [1.82, 2.24) is 16.0 Å². The van der Waals surface area contributed by atoms with E-state index in [-0.39, 0.29) is 24.0 Å². The Morgan fingerprint density at radius 1 is 0.828 bits per heavy atom. The summed E-state index contributed by atoms with van der Waals surface area (Å²) in [6.45, 7) is 1.73. The molecule has 0 saturated carbocycles. The molecule has 4 rings (SSSR count). The molecule has 3 atom stereocenters. The summed E-state index contributed by atoms with van der Waals surface area (Å²) < 4.78 is 0. The first-order valence-electron chi connectivity index (χ1n) is 10.6. The number of carbonyl (C=O) groups is 2. The maximum atomic E-state index is 12.7. The minimum Gasteiger partial charge on any atom is -0.348 e. The highest BCUT2D eigenvalue weighted by Crippen LogP contribution is 2.30. The van der Waals surface area contributed by atoms with Crippen LogP contribution in [-0.2, 0) is 17.6 Å². The molecule has 0 aromatic heterocycles. The standard InChI is InChI=1S/C24H29N3O2/c1-16(23(28)26-21-14-6-10-17-8-2-4-12-19(17)21)25-24(29)27-22-15-7-11-18-9-3-5-13-20(18)22/h2-5,8-9,12-13,16,21-22H,6-7,10-11,14-15H2,1H3,(H,26,28)(H2,25,27,29)/t16-,21?,22?/m0/s1. The van der Waals surface area contributed by atoms with Gasteiger partial charge in [0.15, 0.2) is 0 Å². The average molecular weight is 392 g/mol. The first-order valence-corrected chi connectivity index (χ1v) is 10.6. The topological polar surface area (TPSA) is 70.2 Å². The van der Waals surface area contributed by atoms with Crippen LogP contribution in [0.15, 0.2) is 48.5 Å². The van der Waals surface area contributed by atoms with Crippen LogP contribution in [0, 0.1) is 0 Å². The number of rotatable bonds is 4. The van der Waals surface area contributed by atoms with Crippen LogP contribution in [0.1, 0.15) is 66.9 Å². The molecule has 2 aromatic rings. The van der Waals surface area contributed by atoms with Crippen molar-refractivity contribution in [2.24, 2.45) is 0 Å². The lowest BCUT2D eigenvalue weighted by Crippen LogP contribution is -2.50. The van der Waals surface area contributed by atoms with Gasteiger partial charge in [-0.15, -0.1) is 0 Å². The minimum atomic E-state index is -0.595. The van der Waals surface area contributed by atoms with Crippen LogP contribution < -0.4 is 16.0 Å². The predicted octanol–water partition coefficient (Wildman–Crippen LogP) is 3.95. The van der Waals surface area contributed by atoms with E-state index in [0.717, 1.165) is 38.5 Å². The van der Waals surface area contributed by atoms with Crippen molar-refractivity contribution in [2.75, 3.05) is 0 Å². The van der Waals surface area contributed by atoms with Gasteiger partial charge in [0.2, 0.25) is 5.91 Å². The van der Waals surface area contributed by atoms with E-state index in [4.69, 9.17) is 0 Å². The second-order valence-electron chi connectivity index (χ2n) is 8.14. The summed E-state index contributed by atoms with van der Waals surface area (Å²) in [7, 11) is 0. The Balaban J connectivity index is 1.33. The van der Waals surface area contributed by atoms with E-state index in [1.54, 1.807) is 6.92 Å². The summed E-state index contributed by atoms with van der Waals surface area (Å²) in [4.78, 5) is 25.2. The third-order valence-electron chi connectivity index (χ3n) is 6.10. The molecule has 2 unspecified atom stereocenters. The molecule has 29 heavy (non-hydrogen) atoms. The monoisotopic (exact) mass is 391 g/mol. The van der Waals surface area contributed by atoms with Gasteiger partial charge in [0.25, 0.3) is 0 Å². The number of hydrogen-bond acceptors (Lipinski definition) is 2. The minimum absolute atomic E-state index is 0.000401. The second kappa shape index (κ2) is 8.68. The Bertz CT molecular complexity index is 895. The Morgan fingerprint density at radius 3 is 1.93 bits per heavy atom. The van der Waals surface area contributed by atoms with Crippen molar-refractivity contribution in [3.8, 4) is 0 Å². The van der Waals surface area contributed by atoms with Crippen LogP contribution >= 0.6 is 0 Å². The molecule has 2 aromatic carbocycles. The average Bonchev–Trinajstić information content (AvgIpc) is 2.74. The molecule has 2 aliphatic carbocycles. The van der Waals surface area contributed by atoms with Crippen LogP contribution in [0.4, 0.5) is 4.79 Å². The molecule has 2 aliphatic rings. The first kappa shape index (κ1) is 19.5. The maximum Gasteiger partial charge on any atom is 0.315 e. The molecule has 0 bridgehead atoms. The molecule has 0 aliphatic heterocycles. The Morgan fingerprint density at radius 2 is 1.34 bits per heavy atom. The van der Waals surface area contributed by atoms with Crippen molar-refractivity contribution in [2.45, 2.75) is 63.6 Å². The number of aryl methyl sites for hydroxylation is 2. The molecule has 5 heteroatoms. The van der Waals surface area contributed by atoms with Crippen LogP contribution in [-0.4, -0.2) is 18.0 Å². The van der Waals surface area contributed by atoms with Gasteiger partial charge in [0, 0.05) is 0 Å². The number of fused-ring (bicyclic) bond motifs is 2. The quantitative estimate of drug-likeness (QED) is 0.739. The van der Waals surface area contributed by atoms with Crippen LogP contribution in [0.25, 0.3) is 0 Å². The Labute approximate surface area is 172 Å². The van der Waals surface area contributed by atoms with E-state index in [0.29, 0.717) is 0 Å². The summed E-state index contributed by atoms with van der Waals surface area (Å²) in [6, 6.07) is 15.7. The first-order chi connectivity index (χ1) is 14.1. The molecule has 0 radical (unpaired) electrons. The van der Waals surface area contributed by atoms with Gasteiger partial charge in [-0.05, 0) is 67.7 Å². The molecule has 152 valence electrons. The lowest BCUT2D eigenvalue weighted by Gasteiger charge is -2.29. The van der Waals surface area contributed by atoms with E-state index >= 15 is 0 Å². The number of nitrogens with one attached hydrogen (secondary N) is 3. The molecule has 0 heterocycles. The Kier molecular flexibility index (Phi) is 5.84. The highest BCUT2D eigenvalue weighted by molar-refractivity contribution is 5.87. The van der Waals surface area contributed by atoms with Gasteiger partial charge in [0.05, 0.1) is 12.1 Å². The fraction of sp³-hybridized carbons (Fsp3) is 0.417. The lowest BCUT2D eigenvalue weighted by molar-refractivity contribution is -0.123. The van der Waals surface area contributed by atoms with Gasteiger partial charge in [-0.1, -0.05) is 48.5 Å². The zero-order valence-electron chi connectivity index (χ0n) is 16.9. The van der Waals surface area contributed by atoms with Gasteiger partial charge >= 0.3 is 6.03 Å². The molecule has 3 N–H and O–H groups in total. The van der Waals surface area contributed by atoms with Crippen molar-refractivity contribution >= 4 is 11.9 Å². The fourth-order valence-electron chi connectivity index (χ4n) is 4.57. The number of hydrogen-bond donors (Lipinski definition) is 3. The summed E-state index contributed by atoms with van der Waals surface area (Å²) in [5.74, 6) is -0.147. The van der Waals surface area contributed by atoms with Crippen LogP contribution in [0.2, 0.25) is 0 Å². The van der Waals surface area contributed by atoms with Crippen LogP contribution in [0.5, 0.6) is 0 Å². The number of benzene rings is 2. The smallest absolute Gasteiger partial charge is 0.315 e. The van der Waals surface area contributed by atoms with Crippen molar-refractivity contribution in [3.63, 3.8) is 0 Å². The van der Waals surface area contributed by atoms with E-state index in [1.165, 1.54) is 22.3 Å². The van der Waals surface area contributed by atoms with E-state index < -0.39 is 6.04 Å². The largest absolute Gasteiger partial charge is 0.348 e. The van der Waals surface area contributed by atoms with E-state index in [9.17, 15) is 9.59 Å². The molecular formula is C24H29N3O2. The van der Waals surface area contributed by atoms with Crippen molar-refractivity contribution in [3.05, 3.63) is 70.8 Å². The molecule has 0 fully saturated rings. The summed E-state index contributed by atoms with van der Waals surface area (Å²) >= 11 is 0. The highest BCUT2D eigenvalue weighted by Gasteiger charge is 2.26. The normalized spacial score (nSPS) is 21.3. The van der Waals surface area contributed by atoms with Gasteiger partial charge < -0.3 is 16.0 Å². The zero-order valence-corrected chi connectivity index (χ0v) is 16.9. The zero-order chi connectivity index (χ0) is 20.2. The molecule has 0 spiro atoms. The number of urea groups is 1. The third kappa shape index (κ3) is 4.44. The van der Waals surface area contributed by atoms with Crippen molar-refractivity contribution < 1.29 is 9.59 Å². The molecular weight excluding hydrogens is 362 g/mol. The SMILES string of the molecule is C[C@H](NC(=O)NC1CCCc2ccccc21)C(=O)NC1CCCc2ccccc21. The van der Waals surface area contributed by atoms with E-state index in [1.807, 2.05) is 24.3 Å². The molecule has 3 amide bonds. The lowest BCUT2D eigenvalue weighted by atomic mass is 9.87. The number of amides is 3. The highest BCUT2D eigenvalue weighted by atomic mass is 16.2.